The molecule has 3 heteroatoms. The summed E-state index contributed by atoms with van der Waals surface area (Å²) in [5.74, 6) is 3.68. The van der Waals surface area contributed by atoms with Crippen LogP contribution in [-0.4, -0.2) is 20.2 Å². The topological polar surface area (TPSA) is 26.3 Å². The van der Waals surface area contributed by atoms with Gasteiger partial charge in [-0.3, -0.25) is 4.79 Å². The fraction of sp³-hybridized carbons (Fsp3) is 0.885. The highest BCUT2D eigenvalue weighted by Gasteiger charge is 2.63. The molecule has 0 bridgehead atoms. The van der Waals surface area contributed by atoms with Gasteiger partial charge in [0.05, 0.1) is 6.10 Å². The van der Waals surface area contributed by atoms with Crippen molar-refractivity contribution < 1.29 is 9.22 Å². The third kappa shape index (κ3) is 3.00. The predicted octanol–water partition coefficient (Wildman–Crippen LogP) is 6.91. The Morgan fingerprint density at radius 1 is 1.03 bits per heavy atom. The maximum atomic E-state index is 12.2. The Morgan fingerprint density at radius 2 is 1.76 bits per heavy atom. The zero-order valence-electron chi connectivity index (χ0n) is 19.6. The third-order valence-electron chi connectivity index (χ3n) is 10.7. The summed E-state index contributed by atoms with van der Waals surface area (Å²) in [6.45, 7) is 14.6. The normalized spacial score (nSPS) is 43.4. The Hall–Kier alpha value is -0.413. The van der Waals surface area contributed by atoms with Crippen molar-refractivity contribution in [1.29, 1.82) is 0 Å². The minimum absolute atomic E-state index is 0.288. The van der Waals surface area contributed by atoms with Gasteiger partial charge in [0.1, 0.15) is 0 Å². The quantitative estimate of drug-likeness (QED) is 0.459. The van der Waals surface area contributed by atoms with E-state index < -0.39 is 8.32 Å². The molecule has 0 amide bonds. The standard InChI is InChI=1S/C26H42O2Si/c1-24(2,3)29(5,6)28-23-10-9-21-20-16-26(13-14-26)22-15-17(27)7-8-19(22)18(20)11-12-25(21,23)4/h15,18-21,23H,7-14,16H2,1-6H3/t18-,19-,20-,21+,23+,25+/m1/s1. The van der Waals surface area contributed by atoms with Crippen LogP contribution in [0.15, 0.2) is 11.6 Å². The van der Waals surface area contributed by atoms with Gasteiger partial charge in [0.15, 0.2) is 14.1 Å². The van der Waals surface area contributed by atoms with Crippen LogP contribution in [0.3, 0.4) is 0 Å². The second-order valence-corrected chi connectivity index (χ2v) is 17.9. The molecular formula is C26H42O2Si. The molecule has 4 saturated carbocycles. The van der Waals surface area contributed by atoms with Crippen molar-refractivity contribution in [2.75, 3.05) is 0 Å². The SMILES string of the molecule is CC(C)(C)[Si](C)(C)O[C@H]1CC[C@H]2[C@@H]3CC4(CC4)C4=CC(=O)CC[C@@H]4[C@H]3CC[C@]12C. The molecule has 0 unspecified atom stereocenters. The smallest absolute Gasteiger partial charge is 0.192 e. The number of fused-ring (bicyclic) bond motifs is 6. The largest absolute Gasteiger partial charge is 0.413 e. The molecule has 6 atom stereocenters. The molecule has 0 aromatic rings. The van der Waals surface area contributed by atoms with Gasteiger partial charge in [-0.1, -0.05) is 33.3 Å². The van der Waals surface area contributed by atoms with Gasteiger partial charge < -0.3 is 4.43 Å². The fourth-order valence-corrected chi connectivity index (χ4v) is 9.25. The lowest BCUT2D eigenvalue weighted by atomic mass is 9.49. The highest BCUT2D eigenvalue weighted by Crippen LogP contribution is 2.71. The molecule has 162 valence electrons. The van der Waals surface area contributed by atoms with Crippen LogP contribution in [-0.2, 0) is 9.22 Å². The van der Waals surface area contributed by atoms with E-state index in [1.807, 2.05) is 0 Å². The number of hydrogen-bond donors (Lipinski definition) is 0. The van der Waals surface area contributed by atoms with Crippen LogP contribution < -0.4 is 0 Å². The summed E-state index contributed by atoms with van der Waals surface area (Å²) in [4.78, 5) is 12.2. The minimum Gasteiger partial charge on any atom is -0.413 e. The highest BCUT2D eigenvalue weighted by atomic mass is 28.4. The van der Waals surface area contributed by atoms with Crippen LogP contribution in [0, 0.1) is 34.5 Å². The second-order valence-electron chi connectivity index (χ2n) is 13.1. The number of allylic oxidation sites excluding steroid dienone is 1. The average molecular weight is 415 g/mol. The average Bonchev–Trinajstić information content (AvgIpc) is 3.32. The van der Waals surface area contributed by atoms with Crippen LogP contribution in [0.2, 0.25) is 18.1 Å². The van der Waals surface area contributed by atoms with E-state index in [2.05, 4.69) is 46.9 Å². The van der Waals surface area contributed by atoms with Crippen molar-refractivity contribution in [3.63, 3.8) is 0 Å². The Balaban J connectivity index is 1.41. The van der Waals surface area contributed by atoms with E-state index in [0.29, 0.717) is 22.7 Å². The number of carbonyl (C=O) groups is 1. The summed E-state index contributed by atoms with van der Waals surface area (Å²) in [5, 5.41) is 0.288. The van der Waals surface area contributed by atoms with Crippen LogP contribution in [0.5, 0.6) is 0 Å². The van der Waals surface area contributed by atoms with Crippen LogP contribution >= 0.6 is 0 Å². The zero-order valence-corrected chi connectivity index (χ0v) is 20.6. The summed E-state index contributed by atoms with van der Waals surface area (Å²) in [5.41, 5.74) is 2.41. The first-order valence-corrected chi connectivity index (χ1v) is 15.3. The molecule has 29 heavy (non-hydrogen) atoms. The fourth-order valence-electron chi connectivity index (χ4n) is 7.80. The molecule has 5 aliphatic carbocycles. The van der Waals surface area contributed by atoms with Crippen molar-refractivity contribution in [2.45, 2.75) is 110 Å². The molecule has 0 radical (unpaired) electrons. The van der Waals surface area contributed by atoms with Gasteiger partial charge in [-0.25, -0.2) is 0 Å². The molecule has 0 aliphatic heterocycles. The molecule has 0 aromatic carbocycles. The first kappa shape index (κ1) is 20.5. The summed E-state index contributed by atoms with van der Waals surface area (Å²) in [6.07, 6.45) is 13.9. The molecule has 5 rings (SSSR count). The second kappa shape index (κ2) is 6.31. The lowest BCUT2D eigenvalue weighted by Crippen LogP contribution is -2.53. The molecule has 0 heterocycles. The van der Waals surface area contributed by atoms with Gasteiger partial charge in [0.2, 0.25) is 0 Å². The van der Waals surface area contributed by atoms with Crippen molar-refractivity contribution in [1.82, 2.24) is 0 Å². The Morgan fingerprint density at radius 3 is 2.41 bits per heavy atom. The van der Waals surface area contributed by atoms with Gasteiger partial charge in [0, 0.05) is 6.42 Å². The lowest BCUT2D eigenvalue weighted by molar-refractivity contribution is -0.116. The molecule has 5 aliphatic rings. The van der Waals surface area contributed by atoms with Crippen molar-refractivity contribution in [3.05, 3.63) is 11.6 Å². The van der Waals surface area contributed by atoms with E-state index in [9.17, 15) is 4.79 Å². The van der Waals surface area contributed by atoms with E-state index in [1.54, 1.807) is 5.57 Å². The monoisotopic (exact) mass is 414 g/mol. The van der Waals surface area contributed by atoms with E-state index in [4.69, 9.17) is 4.43 Å². The molecule has 0 aromatic heterocycles. The zero-order chi connectivity index (χ0) is 20.8. The van der Waals surface area contributed by atoms with Crippen molar-refractivity contribution in [3.8, 4) is 0 Å². The first-order chi connectivity index (χ1) is 13.5. The van der Waals surface area contributed by atoms with Crippen molar-refractivity contribution in [2.24, 2.45) is 34.5 Å². The molecular weight excluding hydrogens is 372 g/mol. The highest BCUT2D eigenvalue weighted by molar-refractivity contribution is 6.74. The molecule has 0 N–H and O–H groups in total. The number of hydrogen-bond acceptors (Lipinski definition) is 2. The first-order valence-electron chi connectivity index (χ1n) is 12.4. The summed E-state index contributed by atoms with van der Waals surface area (Å²) in [7, 11) is -1.74. The van der Waals surface area contributed by atoms with Gasteiger partial charge in [-0.15, -0.1) is 0 Å². The van der Waals surface area contributed by atoms with Crippen LogP contribution in [0.4, 0.5) is 0 Å². The van der Waals surface area contributed by atoms with E-state index >= 15 is 0 Å². The van der Waals surface area contributed by atoms with Gasteiger partial charge in [-0.2, -0.15) is 0 Å². The summed E-state index contributed by atoms with van der Waals surface area (Å²) >= 11 is 0. The molecule has 0 saturated heterocycles. The third-order valence-corrected chi connectivity index (χ3v) is 15.2. The van der Waals surface area contributed by atoms with E-state index in [0.717, 1.165) is 36.5 Å². The minimum atomic E-state index is -1.74. The molecule has 1 spiro atoms. The molecule has 4 fully saturated rings. The maximum Gasteiger partial charge on any atom is 0.192 e. The Bertz CT molecular complexity index is 740. The van der Waals surface area contributed by atoms with E-state index in [1.165, 1.54) is 44.9 Å². The summed E-state index contributed by atoms with van der Waals surface area (Å²) in [6, 6.07) is 0. The Labute approximate surface area is 179 Å². The van der Waals surface area contributed by atoms with Gasteiger partial charge in [0.25, 0.3) is 0 Å². The maximum absolute atomic E-state index is 12.2. The summed E-state index contributed by atoms with van der Waals surface area (Å²) < 4.78 is 7.09. The molecule has 2 nitrogen and oxygen atoms in total. The van der Waals surface area contributed by atoms with Crippen LogP contribution in [0.25, 0.3) is 0 Å². The van der Waals surface area contributed by atoms with Gasteiger partial charge in [-0.05, 0) is 110 Å². The van der Waals surface area contributed by atoms with Gasteiger partial charge >= 0.3 is 0 Å². The number of ketones is 1. The van der Waals surface area contributed by atoms with E-state index in [-0.39, 0.29) is 5.04 Å². The lowest BCUT2D eigenvalue weighted by Gasteiger charge is -2.56. The number of carbonyl (C=O) groups excluding carboxylic acids is 1. The van der Waals surface area contributed by atoms with Crippen LogP contribution in [0.1, 0.15) is 85.5 Å². The van der Waals surface area contributed by atoms with Crippen molar-refractivity contribution >= 4 is 14.1 Å². The predicted molar refractivity (Wildman–Crippen MR) is 121 cm³/mol. The Kier molecular flexibility index (Phi) is 4.46. The number of rotatable bonds is 2.